The maximum atomic E-state index is 15.0. The minimum Gasteiger partial charge on any atom is -0.480 e. The lowest BCUT2D eigenvalue weighted by molar-refractivity contribution is -0.143. The van der Waals surface area contributed by atoms with Crippen LogP contribution in [-0.4, -0.2) is 98.4 Å². The zero-order valence-corrected chi connectivity index (χ0v) is 29.4. The molecule has 14 nitrogen and oxygen atoms in total. The lowest BCUT2D eigenvalue weighted by Crippen LogP contribution is -2.54. The molecule has 3 atom stereocenters. The number of rotatable bonds is 16. The summed E-state index contributed by atoms with van der Waals surface area (Å²) in [6.45, 7) is 3.51. The van der Waals surface area contributed by atoms with Crippen molar-refractivity contribution in [3.05, 3.63) is 95.8 Å². The molecule has 1 aromatic heterocycles. The Morgan fingerprint density at radius 1 is 0.981 bits per heavy atom. The summed E-state index contributed by atoms with van der Waals surface area (Å²) in [6, 6.07) is 10.3. The Bertz CT molecular complexity index is 1870. The van der Waals surface area contributed by atoms with Crippen molar-refractivity contribution in [2.24, 2.45) is 11.1 Å². The fourth-order valence-electron chi connectivity index (χ4n) is 5.99. The molecule has 0 bridgehead atoms. The Morgan fingerprint density at radius 3 is 2.25 bits per heavy atom. The SMILES string of the molecule is CC(C)(C)[C@H](c1cc(-c2cc(F)ccc2F)cn1Cc1ccccc1)N(CC[C@H](N)C(=O)N[C@@H](CNC(=O)CN1C(=O)C=CC1=O)C(=O)O)C(=O)CO. The van der Waals surface area contributed by atoms with E-state index < -0.39 is 90.4 Å². The van der Waals surface area contributed by atoms with Crippen LogP contribution in [0.5, 0.6) is 0 Å². The number of carbonyl (C=O) groups is 6. The second kappa shape index (κ2) is 17.2. The normalized spacial score (nSPS) is 14.5. The van der Waals surface area contributed by atoms with Crippen molar-refractivity contribution in [1.29, 1.82) is 0 Å². The third-order valence-electron chi connectivity index (χ3n) is 8.57. The quantitative estimate of drug-likeness (QED) is 0.136. The van der Waals surface area contributed by atoms with Gasteiger partial charge in [0.05, 0.1) is 12.1 Å². The number of amides is 5. The molecule has 3 aromatic rings. The van der Waals surface area contributed by atoms with E-state index in [-0.39, 0.29) is 25.1 Å². The minimum absolute atomic E-state index is 0.00338. The number of aliphatic hydroxyl groups is 1. The van der Waals surface area contributed by atoms with Crippen LogP contribution in [-0.2, 0) is 35.3 Å². The summed E-state index contributed by atoms with van der Waals surface area (Å²) in [5.41, 5.74) is 7.18. The molecule has 0 saturated heterocycles. The van der Waals surface area contributed by atoms with Gasteiger partial charge < -0.3 is 36.0 Å². The van der Waals surface area contributed by atoms with Gasteiger partial charge in [-0.2, -0.15) is 0 Å². The minimum atomic E-state index is -1.64. The van der Waals surface area contributed by atoms with E-state index in [4.69, 9.17) is 5.73 Å². The predicted molar refractivity (Wildman–Crippen MR) is 187 cm³/mol. The van der Waals surface area contributed by atoms with Crippen LogP contribution < -0.4 is 16.4 Å². The average molecular weight is 737 g/mol. The van der Waals surface area contributed by atoms with Gasteiger partial charge in [0.2, 0.25) is 17.7 Å². The molecule has 0 spiro atoms. The molecule has 4 rings (SSSR count). The molecule has 1 aliphatic rings. The largest absolute Gasteiger partial charge is 0.480 e. The maximum absolute atomic E-state index is 15.0. The van der Waals surface area contributed by atoms with Gasteiger partial charge in [0.15, 0.2) is 0 Å². The van der Waals surface area contributed by atoms with Crippen molar-refractivity contribution >= 4 is 35.5 Å². The van der Waals surface area contributed by atoms with Crippen LogP contribution in [0.4, 0.5) is 8.78 Å². The molecule has 0 radical (unpaired) electrons. The number of hydrogen-bond acceptors (Lipinski definition) is 8. The highest BCUT2D eigenvalue weighted by Crippen LogP contribution is 2.41. The summed E-state index contributed by atoms with van der Waals surface area (Å²) in [4.78, 5) is 76.2. The Balaban J connectivity index is 1.56. The first kappa shape index (κ1) is 40.0. The zero-order valence-electron chi connectivity index (χ0n) is 29.4. The molecule has 0 fully saturated rings. The number of aliphatic carboxylic acids is 1. The van der Waals surface area contributed by atoms with Gasteiger partial charge in [-0.15, -0.1) is 0 Å². The molecule has 16 heteroatoms. The number of carbonyl (C=O) groups excluding carboxylic acids is 5. The van der Waals surface area contributed by atoms with E-state index in [0.717, 1.165) is 35.9 Å². The maximum Gasteiger partial charge on any atom is 0.328 e. The molecule has 2 aromatic carbocycles. The summed E-state index contributed by atoms with van der Waals surface area (Å²) in [6.07, 6.45) is 3.44. The summed E-state index contributed by atoms with van der Waals surface area (Å²) in [5, 5.41) is 24.2. The number of carboxylic acids is 1. The number of nitrogens with zero attached hydrogens (tertiary/aromatic N) is 3. The number of carboxylic acid groups (broad SMARTS) is 1. The summed E-state index contributed by atoms with van der Waals surface area (Å²) >= 11 is 0. The first-order chi connectivity index (χ1) is 25.0. The Labute approximate surface area is 304 Å². The standard InChI is InChI=1S/C37H42F2N6O8/c1-37(2,3)34(29-15-23(25-16-24(38)9-10-26(25)39)19-43(29)18-22-7-5-4-6-8-22)44(33(50)21-46)14-13-27(40)35(51)42-28(36(52)53)17-41-30(47)20-45-31(48)11-12-32(45)49/h4-12,15-16,19,27-28,34,46H,13-14,17-18,20-21,40H2,1-3H3,(H,41,47)(H,42,51)(H,52,53)/t27-,28-,34-/m0/s1. The molecular weight excluding hydrogens is 694 g/mol. The monoisotopic (exact) mass is 736 g/mol. The number of benzene rings is 2. The van der Waals surface area contributed by atoms with Crippen molar-refractivity contribution < 1.29 is 47.8 Å². The van der Waals surface area contributed by atoms with Gasteiger partial charge in [-0.05, 0) is 41.7 Å². The Morgan fingerprint density at radius 2 is 1.64 bits per heavy atom. The van der Waals surface area contributed by atoms with E-state index in [1.54, 1.807) is 12.3 Å². The highest BCUT2D eigenvalue weighted by atomic mass is 19.1. The second-order valence-electron chi connectivity index (χ2n) is 13.6. The number of imide groups is 1. The molecule has 0 aliphatic carbocycles. The number of aliphatic hydroxyl groups excluding tert-OH is 1. The molecule has 0 unspecified atom stereocenters. The van der Waals surface area contributed by atoms with Gasteiger partial charge in [-0.1, -0.05) is 51.1 Å². The third-order valence-corrected chi connectivity index (χ3v) is 8.57. The van der Waals surface area contributed by atoms with Crippen molar-refractivity contribution in [1.82, 2.24) is 25.0 Å². The van der Waals surface area contributed by atoms with E-state index in [9.17, 15) is 43.4 Å². The average Bonchev–Trinajstić information content (AvgIpc) is 3.65. The molecule has 5 amide bonds. The fraction of sp³-hybridized carbons (Fsp3) is 0.351. The molecule has 1 aliphatic heterocycles. The van der Waals surface area contributed by atoms with Crippen LogP contribution in [0.3, 0.4) is 0 Å². The van der Waals surface area contributed by atoms with Crippen LogP contribution in [0.1, 0.15) is 44.5 Å². The van der Waals surface area contributed by atoms with Gasteiger partial charge in [0.1, 0.15) is 30.8 Å². The molecule has 6 N–H and O–H groups in total. The van der Waals surface area contributed by atoms with Crippen LogP contribution in [0.25, 0.3) is 11.1 Å². The van der Waals surface area contributed by atoms with Crippen LogP contribution in [0.2, 0.25) is 0 Å². The highest BCUT2D eigenvalue weighted by Gasteiger charge is 2.38. The lowest BCUT2D eigenvalue weighted by atomic mass is 9.82. The first-order valence-electron chi connectivity index (χ1n) is 16.7. The molecule has 282 valence electrons. The Kier molecular flexibility index (Phi) is 13.0. The highest BCUT2D eigenvalue weighted by molar-refractivity contribution is 6.14. The fourth-order valence-corrected chi connectivity index (χ4v) is 5.99. The predicted octanol–water partition coefficient (Wildman–Crippen LogP) is 1.72. The van der Waals surface area contributed by atoms with Gasteiger partial charge in [0.25, 0.3) is 11.8 Å². The number of nitrogens with one attached hydrogen (secondary N) is 2. The van der Waals surface area contributed by atoms with Gasteiger partial charge in [-0.25, -0.2) is 13.6 Å². The number of nitrogens with two attached hydrogens (primary N) is 1. The van der Waals surface area contributed by atoms with Gasteiger partial charge in [0, 0.05) is 54.8 Å². The summed E-state index contributed by atoms with van der Waals surface area (Å²) in [5.74, 6) is -6.67. The summed E-state index contributed by atoms with van der Waals surface area (Å²) < 4.78 is 31.1. The van der Waals surface area contributed by atoms with Crippen LogP contribution in [0.15, 0.2) is 72.9 Å². The molecule has 0 saturated carbocycles. The zero-order chi connectivity index (χ0) is 39.0. The number of aromatic nitrogens is 1. The van der Waals surface area contributed by atoms with E-state index in [1.807, 2.05) is 55.7 Å². The Hall–Kier alpha value is -5.74. The van der Waals surface area contributed by atoms with Crippen LogP contribution in [0, 0.1) is 17.0 Å². The van der Waals surface area contributed by atoms with E-state index >= 15 is 4.39 Å². The van der Waals surface area contributed by atoms with Gasteiger partial charge >= 0.3 is 5.97 Å². The topological polar surface area (TPSA) is 204 Å². The first-order valence-corrected chi connectivity index (χ1v) is 16.7. The van der Waals surface area contributed by atoms with Crippen LogP contribution >= 0.6 is 0 Å². The van der Waals surface area contributed by atoms with Gasteiger partial charge in [-0.3, -0.25) is 28.9 Å². The second-order valence-corrected chi connectivity index (χ2v) is 13.6. The molecule has 53 heavy (non-hydrogen) atoms. The van der Waals surface area contributed by atoms with Crippen molar-refractivity contribution in [3.8, 4) is 11.1 Å². The smallest absolute Gasteiger partial charge is 0.328 e. The van der Waals surface area contributed by atoms with Crippen molar-refractivity contribution in [2.75, 3.05) is 26.2 Å². The van der Waals surface area contributed by atoms with Crippen molar-refractivity contribution in [2.45, 2.75) is 51.9 Å². The number of hydrogen-bond donors (Lipinski definition) is 5. The van der Waals surface area contributed by atoms with E-state index in [2.05, 4.69) is 10.6 Å². The molecular formula is C37H42F2N6O8. The molecule has 2 heterocycles. The summed E-state index contributed by atoms with van der Waals surface area (Å²) in [7, 11) is 0. The lowest BCUT2D eigenvalue weighted by Gasteiger charge is -2.41. The third kappa shape index (κ3) is 10.2. The number of halogens is 2. The van der Waals surface area contributed by atoms with E-state index in [0.29, 0.717) is 16.2 Å². The van der Waals surface area contributed by atoms with E-state index in [1.165, 1.54) is 4.90 Å². The van der Waals surface area contributed by atoms with Crippen molar-refractivity contribution in [3.63, 3.8) is 0 Å².